The number of sulfonamides is 1. The molecular formula is C18H27BrN2O4S. The van der Waals surface area contributed by atoms with Crippen LogP contribution in [0.4, 0.5) is 4.79 Å². The Kier molecular flexibility index (Phi) is 6.74. The van der Waals surface area contributed by atoms with Crippen molar-refractivity contribution >= 4 is 32.0 Å². The fourth-order valence-corrected chi connectivity index (χ4v) is 4.73. The first kappa shape index (κ1) is 21.2. The summed E-state index contributed by atoms with van der Waals surface area (Å²) in [4.78, 5) is 14.1. The largest absolute Gasteiger partial charge is 0.444 e. The van der Waals surface area contributed by atoms with Gasteiger partial charge in [0.1, 0.15) is 5.60 Å². The number of halogens is 1. The highest BCUT2D eigenvalue weighted by Gasteiger charge is 2.33. The third-order valence-corrected chi connectivity index (χ3v) is 6.91. The van der Waals surface area contributed by atoms with Gasteiger partial charge >= 0.3 is 6.09 Å². The van der Waals surface area contributed by atoms with Gasteiger partial charge in [0.2, 0.25) is 10.0 Å². The highest BCUT2D eigenvalue weighted by atomic mass is 79.9. The zero-order valence-electron chi connectivity index (χ0n) is 15.7. The second kappa shape index (κ2) is 8.27. The summed E-state index contributed by atoms with van der Waals surface area (Å²) in [6.07, 6.45) is 0.840. The number of likely N-dealkylation sites (tertiary alicyclic amines) is 1. The number of amides is 1. The van der Waals surface area contributed by atoms with Crippen LogP contribution in [0.25, 0.3) is 0 Å². The van der Waals surface area contributed by atoms with Crippen molar-refractivity contribution < 1.29 is 17.9 Å². The fourth-order valence-electron chi connectivity index (χ4n) is 2.89. The van der Waals surface area contributed by atoms with Gasteiger partial charge in [-0.25, -0.2) is 13.2 Å². The van der Waals surface area contributed by atoms with Gasteiger partial charge in [0.05, 0.1) is 4.90 Å². The average Bonchev–Trinajstić information content (AvgIpc) is 2.59. The fraction of sp³-hybridized carbons (Fsp3) is 0.611. The van der Waals surface area contributed by atoms with E-state index in [2.05, 4.69) is 15.9 Å². The first-order valence-corrected chi connectivity index (χ1v) is 11.2. The Hall–Kier alpha value is -1.12. The molecular weight excluding hydrogens is 420 g/mol. The van der Waals surface area contributed by atoms with Crippen LogP contribution in [0.2, 0.25) is 0 Å². The monoisotopic (exact) mass is 446 g/mol. The van der Waals surface area contributed by atoms with E-state index in [1.54, 1.807) is 30.1 Å². The van der Waals surface area contributed by atoms with E-state index in [1.165, 1.54) is 4.31 Å². The molecule has 1 fully saturated rings. The third-order valence-electron chi connectivity index (χ3n) is 4.36. The van der Waals surface area contributed by atoms with Crippen molar-refractivity contribution in [2.45, 2.75) is 55.5 Å². The summed E-state index contributed by atoms with van der Waals surface area (Å²) in [6, 6.07) is 6.81. The maximum absolute atomic E-state index is 12.9. The van der Waals surface area contributed by atoms with Gasteiger partial charge < -0.3 is 9.64 Å². The van der Waals surface area contributed by atoms with Gasteiger partial charge in [-0.1, -0.05) is 28.1 Å². The Bertz CT molecular complexity index is 738. The van der Waals surface area contributed by atoms with Crippen LogP contribution >= 0.6 is 15.9 Å². The minimum absolute atomic E-state index is 0.133. The molecule has 0 bridgehead atoms. The van der Waals surface area contributed by atoms with Crippen LogP contribution in [0, 0.1) is 0 Å². The number of alkyl halides is 1. The van der Waals surface area contributed by atoms with Gasteiger partial charge in [-0.2, -0.15) is 4.31 Å². The zero-order chi connectivity index (χ0) is 19.5. The minimum atomic E-state index is -3.56. The Morgan fingerprint density at radius 2 is 1.92 bits per heavy atom. The molecule has 26 heavy (non-hydrogen) atoms. The predicted molar refractivity (Wildman–Crippen MR) is 105 cm³/mol. The average molecular weight is 447 g/mol. The highest BCUT2D eigenvalue weighted by Crippen LogP contribution is 2.24. The van der Waals surface area contributed by atoms with Gasteiger partial charge in [-0.05, 0) is 51.3 Å². The minimum Gasteiger partial charge on any atom is -0.444 e. The molecule has 1 saturated heterocycles. The molecule has 1 heterocycles. The molecule has 1 aromatic carbocycles. The van der Waals surface area contributed by atoms with E-state index < -0.39 is 15.6 Å². The van der Waals surface area contributed by atoms with Crippen LogP contribution in [0.15, 0.2) is 29.2 Å². The third kappa shape index (κ3) is 5.20. The highest BCUT2D eigenvalue weighted by molar-refractivity contribution is 9.08. The number of ether oxygens (including phenoxy) is 1. The normalized spacial score (nSPS) is 16.8. The number of carbonyl (C=O) groups is 1. The lowest BCUT2D eigenvalue weighted by Gasteiger charge is -2.36. The van der Waals surface area contributed by atoms with E-state index in [1.807, 2.05) is 26.8 Å². The maximum atomic E-state index is 12.9. The lowest BCUT2D eigenvalue weighted by atomic mass is 10.1. The van der Waals surface area contributed by atoms with E-state index in [4.69, 9.17) is 4.74 Å². The number of hydrogen-bond donors (Lipinski definition) is 0. The Morgan fingerprint density at radius 3 is 2.46 bits per heavy atom. The maximum Gasteiger partial charge on any atom is 0.410 e. The van der Waals surface area contributed by atoms with Crippen LogP contribution < -0.4 is 0 Å². The Balaban J connectivity index is 2.03. The van der Waals surface area contributed by atoms with Crippen LogP contribution in [0.3, 0.4) is 0 Å². The molecule has 146 valence electrons. The molecule has 0 aliphatic carbocycles. The number of hydrogen-bond acceptors (Lipinski definition) is 4. The summed E-state index contributed by atoms with van der Waals surface area (Å²) < 4.78 is 32.6. The molecule has 8 heteroatoms. The van der Waals surface area contributed by atoms with Crippen LogP contribution in [0.5, 0.6) is 0 Å². The lowest BCUT2D eigenvalue weighted by Crippen LogP contribution is -2.48. The SMILES string of the molecule is CN(C1CCN(C(=O)OC(C)(C)C)CC1)S(=O)(=O)c1cccc(CBr)c1. The molecule has 0 spiro atoms. The van der Waals surface area contributed by atoms with E-state index in [-0.39, 0.29) is 12.1 Å². The summed E-state index contributed by atoms with van der Waals surface area (Å²) in [5, 5.41) is 0.606. The van der Waals surface area contributed by atoms with Crippen molar-refractivity contribution in [2.24, 2.45) is 0 Å². The van der Waals surface area contributed by atoms with Gasteiger partial charge in [0.15, 0.2) is 0 Å². The van der Waals surface area contributed by atoms with Crippen LogP contribution in [-0.2, 0) is 20.1 Å². The van der Waals surface area contributed by atoms with Crippen molar-refractivity contribution in [3.63, 3.8) is 0 Å². The van der Waals surface area contributed by atoms with Crippen molar-refractivity contribution in [1.29, 1.82) is 0 Å². The van der Waals surface area contributed by atoms with Gasteiger partial charge in [-0.3, -0.25) is 0 Å². The number of rotatable bonds is 4. The number of piperidine rings is 1. The van der Waals surface area contributed by atoms with Crippen molar-refractivity contribution in [2.75, 3.05) is 20.1 Å². The Morgan fingerprint density at radius 1 is 1.31 bits per heavy atom. The molecule has 6 nitrogen and oxygen atoms in total. The molecule has 0 saturated carbocycles. The van der Waals surface area contributed by atoms with E-state index >= 15 is 0 Å². The van der Waals surface area contributed by atoms with Crippen LogP contribution in [0.1, 0.15) is 39.2 Å². The van der Waals surface area contributed by atoms with Gasteiger partial charge in [0, 0.05) is 31.5 Å². The first-order valence-electron chi connectivity index (χ1n) is 8.65. The quantitative estimate of drug-likeness (QED) is 0.662. The standard InChI is InChI=1S/C18H27BrN2O4S/c1-18(2,3)25-17(22)21-10-8-15(9-11-21)20(4)26(23,24)16-7-5-6-14(12-16)13-19/h5-7,12,15H,8-11,13H2,1-4H3. The number of nitrogens with zero attached hydrogens (tertiary/aromatic N) is 2. The second-order valence-corrected chi connectivity index (χ2v) is 10.1. The molecule has 1 aliphatic heterocycles. The number of carbonyl (C=O) groups excluding carboxylic acids is 1. The van der Waals surface area contributed by atoms with Crippen molar-refractivity contribution in [3.05, 3.63) is 29.8 Å². The van der Waals surface area contributed by atoms with Crippen molar-refractivity contribution in [1.82, 2.24) is 9.21 Å². The molecule has 0 N–H and O–H groups in total. The molecule has 1 aliphatic rings. The predicted octanol–water partition coefficient (Wildman–Crippen LogP) is 3.60. The van der Waals surface area contributed by atoms with Crippen molar-refractivity contribution in [3.8, 4) is 0 Å². The molecule has 0 unspecified atom stereocenters. The van der Waals surface area contributed by atoms with Crippen LogP contribution in [-0.4, -0.2) is 55.5 Å². The summed E-state index contributed by atoms with van der Waals surface area (Å²) in [5.74, 6) is 0. The number of benzene rings is 1. The smallest absolute Gasteiger partial charge is 0.410 e. The summed E-state index contributed by atoms with van der Waals surface area (Å²) >= 11 is 3.36. The summed E-state index contributed by atoms with van der Waals surface area (Å²) in [7, 11) is -1.94. The lowest BCUT2D eigenvalue weighted by molar-refractivity contribution is 0.0183. The van der Waals surface area contributed by atoms with E-state index in [0.29, 0.717) is 36.2 Å². The van der Waals surface area contributed by atoms with Gasteiger partial charge in [0.25, 0.3) is 0 Å². The molecule has 0 aromatic heterocycles. The molecule has 0 radical (unpaired) electrons. The van der Waals surface area contributed by atoms with E-state index in [9.17, 15) is 13.2 Å². The zero-order valence-corrected chi connectivity index (χ0v) is 18.1. The molecule has 0 atom stereocenters. The van der Waals surface area contributed by atoms with Gasteiger partial charge in [-0.15, -0.1) is 0 Å². The topological polar surface area (TPSA) is 66.9 Å². The van der Waals surface area contributed by atoms with E-state index in [0.717, 1.165) is 5.56 Å². The Labute approximate surface area is 164 Å². The summed E-state index contributed by atoms with van der Waals surface area (Å²) in [6.45, 7) is 6.47. The summed E-state index contributed by atoms with van der Waals surface area (Å²) in [5.41, 5.74) is 0.383. The first-order chi connectivity index (χ1) is 12.0. The second-order valence-electron chi connectivity index (χ2n) is 7.50. The molecule has 1 aromatic rings. The molecule has 1 amide bonds. The molecule has 2 rings (SSSR count).